The van der Waals surface area contributed by atoms with E-state index in [9.17, 15) is 4.79 Å². The number of nitrogens with one attached hydrogen (secondary N) is 1. The van der Waals surface area contributed by atoms with Gasteiger partial charge in [-0.2, -0.15) is 0 Å². The molecule has 0 aliphatic rings. The first-order chi connectivity index (χ1) is 7.11. The highest BCUT2D eigenvalue weighted by Gasteiger charge is 2.14. The lowest BCUT2D eigenvalue weighted by molar-refractivity contribution is -0.125. The van der Waals surface area contributed by atoms with Gasteiger partial charge >= 0.3 is 0 Å². The molecule has 0 saturated heterocycles. The minimum atomic E-state index is 0.231. The maximum atomic E-state index is 11.7. The quantitative estimate of drug-likeness (QED) is 0.615. The highest BCUT2D eigenvalue weighted by atomic mass is 16.1. The molecule has 0 aromatic carbocycles. The van der Waals surface area contributed by atoms with Crippen LogP contribution in [0.15, 0.2) is 0 Å². The Morgan fingerprint density at radius 2 is 1.87 bits per heavy atom. The largest absolute Gasteiger partial charge is 0.356 e. The van der Waals surface area contributed by atoms with E-state index in [1.807, 2.05) is 0 Å². The average Bonchev–Trinajstić information content (AvgIpc) is 2.20. The zero-order valence-corrected chi connectivity index (χ0v) is 10.8. The minimum absolute atomic E-state index is 0.231. The van der Waals surface area contributed by atoms with Crippen molar-refractivity contribution in [2.75, 3.05) is 6.54 Å². The number of rotatable bonds is 8. The molecule has 0 saturated carbocycles. The topological polar surface area (TPSA) is 29.1 Å². The molecule has 1 amide bonds. The molecule has 15 heavy (non-hydrogen) atoms. The molecule has 90 valence electrons. The van der Waals surface area contributed by atoms with Crippen LogP contribution in [-0.2, 0) is 4.79 Å². The smallest absolute Gasteiger partial charge is 0.223 e. The van der Waals surface area contributed by atoms with Gasteiger partial charge in [0, 0.05) is 12.5 Å². The fourth-order valence-electron chi connectivity index (χ4n) is 1.74. The van der Waals surface area contributed by atoms with Crippen molar-refractivity contribution >= 4 is 5.91 Å². The van der Waals surface area contributed by atoms with Gasteiger partial charge in [0.15, 0.2) is 0 Å². The molecule has 0 aliphatic heterocycles. The molecule has 0 fully saturated rings. The van der Waals surface area contributed by atoms with E-state index in [1.165, 1.54) is 6.42 Å². The average molecular weight is 213 g/mol. The molecule has 0 bridgehead atoms. The molecular weight excluding hydrogens is 186 g/mol. The van der Waals surface area contributed by atoms with Crippen LogP contribution in [0.5, 0.6) is 0 Å². The summed E-state index contributed by atoms with van der Waals surface area (Å²) in [4.78, 5) is 11.7. The highest BCUT2D eigenvalue weighted by Crippen LogP contribution is 2.10. The normalized spacial score (nSPS) is 12.9. The Kier molecular flexibility index (Phi) is 8.44. The van der Waals surface area contributed by atoms with Crippen molar-refractivity contribution in [3.05, 3.63) is 0 Å². The van der Waals surface area contributed by atoms with Crippen LogP contribution in [0.4, 0.5) is 0 Å². The Balaban J connectivity index is 3.62. The number of amides is 1. The van der Waals surface area contributed by atoms with Crippen LogP contribution < -0.4 is 5.32 Å². The van der Waals surface area contributed by atoms with Crippen molar-refractivity contribution in [1.29, 1.82) is 0 Å². The summed E-state index contributed by atoms with van der Waals surface area (Å²) >= 11 is 0. The monoisotopic (exact) mass is 213 g/mol. The Labute approximate surface area is 94.8 Å². The third kappa shape index (κ3) is 7.40. The second-order valence-electron chi connectivity index (χ2n) is 4.72. The van der Waals surface area contributed by atoms with E-state index in [2.05, 4.69) is 33.0 Å². The molecule has 0 spiro atoms. The van der Waals surface area contributed by atoms with Crippen LogP contribution in [0.2, 0.25) is 0 Å². The Bertz CT molecular complexity index is 166. The number of carbonyl (C=O) groups is 1. The van der Waals surface area contributed by atoms with Gasteiger partial charge in [0.25, 0.3) is 0 Å². The summed E-state index contributed by atoms with van der Waals surface area (Å²) in [6, 6.07) is 0. The van der Waals surface area contributed by atoms with Gasteiger partial charge in [-0.15, -0.1) is 0 Å². The van der Waals surface area contributed by atoms with Crippen LogP contribution in [0, 0.1) is 11.8 Å². The van der Waals surface area contributed by atoms with E-state index < -0.39 is 0 Å². The maximum Gasteiger partial charge on any atom is 0.223 e. The lowest BCUT2D eigenvalue weighted by atomic mass is 10.00. The molecule has 0 heterocycles. The summed E-state index contributed by atoms with van der Waals surface area (Å²) in [7, 11) is 0. The number of carbonyl (C=O) groups excluding carboxylic acids is 1. The SMILES string of the molecule is CCCC(CC)C(=O)NCCCC(C)C. The molecule has 2 heteroatoms. The molecule has 0 aromatic heterocycles. The molecule has 1 unspecified atom stereocenters. The summed E-state index contributed by atoms with van der Waals surface area (Å²) in [5.41, 5.74) is 0. The highest BCUT2D eigenvalue weighted by molar-refractivity contribution is 5.78. The fraction of sp³-hybridized carbons (Fsp3) is 0.923. The predicted octanol–water partition coefficient (Wildman–Crippen LogP) is 3.37. The standard InChI is InChI=1S/C13H27NO/c1-5-8-12(6-2)13(15)14-10-7-9-11(3)4/h11-12H,5-10H2,1-4H3,(H,14,15). The van der Waals surface area contributed by atoms with Crippen LogP contribution >= 0.6 is 0 Å². The molecule has 2 nitrogen and oxygen atoms in total. The third-order valence-electron chi connectivity index (χ3n) is 2.76. The zero-order chi connectivity index (χ0) is 11.7. The summed E-state index contributed by atoms with van der Waals surface area (Å²) in [5.74, 6) is 1.22. The number of hydrogen-bond acceptors (Lipinski definition) is 1. The molecule has 1 N–H and O–H groups in total. The first-order valence-electron chi connectivity index (χ1n) is 6.39. The van der Waals surface area contributed by atoms with Crippen LogP contribution in [0.25, 0.3) is 0 Å². The van der Waals surface area contributed by atoms with Gasteiger partial charge in [-0.1, -0.05) is 34.1 Å². The Morgan fingerprint density at radius 3 is 2.33 bits per heavy atom. The van der Waals surface area contributed by atoms with E-state index in [-0.39, 0.29) is 11.8 Å². The predicted molar refractivity (Wildman–Crippen MR) is 65.8 cm³/mol. The van der Waals surface area contributed by atoms with E-state index in [0.29, 0.717) is 0 Å². The van der Waals surface area contributed by atoms with Gasteiger partial charge in [-0.25, -0.2) is 0 Å². The Morgan fingerprint density at radius 1 is 1.20 bits per heavy atom. The minimum Gasteiger partial charge on any atom is -0.356 e. The molecule has 0 aliphatic carbocycles. The molecule has 0 aromatic rings. The van der Waals surface area contributed by atoms with E-state index in [4.69, 9.17) is 0 Å². The number of hydrogen-bond donors (Lipinski definition) is 1. The lowest BCUT2D eigenvalue weighted by Gasteiger charge is -2.14. The second-order valence-corrected chi connectivity index (χ2v) is 4.72. The van der Waals surface area contributed by atoms with Gasteiger partial charge in [0.2, 0.25) is 5.91 Å². The van der Waals surface area contributed by atoms with Crippen LogP contribution in [0.3, 0.4) is 0 Å². The van der Waals surface area contributed by atoms with Crippen molar-refractivity contribution in [3.63, 3.8) is 0 Å². The van der Waals surface area contributed by atoms with Gasteiger partial charge in [0.1, 0.15) is 0 Å². The maximum absolute atomic E-state index is 11.7. The van der Waals surface area contributed by atoms with Crippen LogP contribution in [-0.4, -0.2) is 12.5 Å². The summed E-state index contributed by atoms with van der Waals surface area (Å²) < 4.78 is 0. The molecular formula is C13H27NO. The summed E-state index contributed by atoms with van der Waals surface area (Å²) in [6.07, 6.45) is 5.38. The van der Waals surface area contributed by atoms with Gasteiger partial charge in [0.05, 0.1) is 0 Å². The van der Waals surface area contributed by atoms with E-state index in [0.717, 1.165) is 38.1 Å². The van der Waals surface area contributed by atoms with Crippen molar-refractivity contribution in [1.82, 2.24) is 5.32 Å². The van der Waals surface area contributed by atoms with Crippen molar-refractivity contribution in [2.45, 2.75) is 59.8 Å². The summed E-state index contributed by atoms with van der Waals surface area (Å²) in [6.45, 7) is 9.50. The summed E-state index contributed by atoms with van der Waals surface area (Å²) in [5, 5.41) is 3.03. The second kappa shape index (κ2) is 8.75. The first kappa shape index (κ1) is 14.5. The van der Waals surface area contributed by atoms with Crippen molar-refractivity contribution in [3.8, 4) is 0 Å². The molecule has 0 rings (SSSR count). The van der Waals surface area contributed by atoms with Crippen molar-refractivity contribution in [2.24, 2.45) is 11.8 Å². The first-order valence-corrected chi connectivity index (χ1v) is 6.39. The fourth-order valence-corrected chi connectivity index (χ4v) is 1.74. The molecule has 1 atom stereocenters. The van der Waals surface area contributed by atoms with Gasteiger partial charge in [-0.3, -0.25) is 4.79 Å². The van der Waals surface area contributed by atoms with Crippen molar-refractivity contribution < 1.29 is 4.79 Å². The van der Waals surface area contributed by atoms with E-state index in [1.54, 1.807) is 0 Å². The van der Waals surface area contributed by atoms with Gasteiger partial charge in [-0.05, 0) is 31.6 Å². The lowest BCUT2D eigenvalue weighted by Crippen LogP contribution is -2.31. The van der Waals surface area contributed by atoms with E-state index >= 15 is 0 Å². The van der Waals surface area contributed by atoms with Crippen LogP contribution in [0.1, 0.15) is 59.8 Å². The molecule has 0 radical (unpaired) electrons. The van der Waals surface area contributed by atoms with Gasteiger partial charge < -0.3 is 5.32 Å². The third-order valence-corrected chi connectivity index (χ3v) is 2.76. The zero-order valence-electron chi connectivity index (χ0n) is 10.8. The Hall–Kier alpha value is -0.530.